The van der Waals surface area contributed by atoms with Crippen molar-refractivity contribution >= 4 is 16.8 Å². The molecule has 4 heteroatoms. The van der Waals surface area contributed by atoms with Gasteiger partial charge in [-0.05, 0) is 39.3 Å². The van der Waals surface area contributed by atoms with E-state index in [1.165, 1.54) is 0 Å². The minimum atomic E-state index is -0.947. The molecule has 0 radical (unpaired) electrons. The van der Waals surface area contributed by atoms with Gasteiger partial charge in [0.2, 0.25) is 0 Å². The highest BCUT2D eigenvalue weighted by molar-refractivity contribution is 6.65. The predicted molar refractivity (Wildman–Crippen MR) is 52.0 cm³/mol. The SMILES string of the molecule is COC(C)(C)COC(C)(C)C(=O)Cl. The molecule has 0 heterocycles. The minimum Gasteiger partial charge on any atom is -0.376 e. The molecule has 0 aromatic rings. The Morgan fingerprint density at radius 3 is 2.08 bits per heavy atom. The largest absolute Gasteiger partial charge is 0.376 e. The van der Waals surface area contributed by atoms with E-state index in [2.05, 4.69) is 0 Å². The van der Waals surface area contributed by atoms with Gasteiger partial charge in [-0.2, -0.15) is 0 Å². The van der Waals surface area contributed by atoms with Crippen LogP contribution in [0.3, 0.4) is 0 Å². The third-order valence-electron chi connectivity index (χ3n) is 1.81. The van der Waals surface area contributed by atoms with Gasteiger partial charge in [0.15, 0.2) is 0 Å². The van der Waals surface area contributed by atoms with Crippen LogP contribution in [0.4, 0.5) is 0 Å². The van der Waals surface area contributed by atoms with Crippen molar-refractivity contribution in [2.75, 3.05) is 13.7 Å². The van der Waals surface area contributed by atoms with Crippen LogP contribution < -0.4 is 0 Å². The second-order valence-corrected chi connectivity index (χ2v) is 4.38. The fourth-order valence-corrected chi connectivity index (χ4v) is 0.524. The summed E-state index contributed by atoms with van der Waals surface area (Å²) in [6.45, 7) is 7.35. The molecule has 0 fully saturated rings. The second-order valence-electron chi connectivity index (χ2n) is 4.04. The molecule has 3 nitrogen and oxygen atoms in total. The third-order valence-corrected chi connectivity index (χ3v) is 2.26. The van der Waals surface area contributed by atoms with Gasteiger partial charge < -0.3 is 9.47 Å². The lowest BCUT2D eigenvalue weighted by molar-refractivity contribution is -0.142. The lowest BCUT2D eigenvalue weighted by Crippen LogP contribution is -2.39. The van der Waals surface area contributed by atoms with E-state index >= 15 is 0 Å². The summed E-state index contributed by atoms with van der Waals surface area (Å²) in [5.41, 5.74) is -1.35. The van der Waals surface area contributed by atoms with Gasteiger partial charge in [0, 0.05) is 7.11 Å². The van der Waals surface area contributed by atoms with Crippen LogP contribution in [-0.2, 0) is 14.3 Å². The Bertz CT molecular complexity index is 187. The molecule has 0 saturated carbocycles. The van der Waals surface area contributed by atoms with Crippen molar-refractivity contribution in [3.05, 3.63) is 0 Å². The number of hydrogen-bond donors (Lipinski definition) is 0. The van der Waals surface area contributed by atoms with E-state index in [0.717, 1.165) is 0 Å². The molecule has 0 aliphatic rings. The summed E-state index contributed by atoms with van der Waals surface area (Å²) >= 11 is 5.34. The predicted octanol–water partition coefficient (Wildman–Crippen LogP) is 1.97. The van der Waals surface area contributed by atoms with E-state index in [0.29, 0.717) is 6.61 Å². The molecule has 0 aromatic carbocycles. The zero-order valence-electron chi connectivity index (χ0n) is 8.81. The Kier molecular flexibility index (Phi) is 4.36. The highest BCUT2D eigenvalue weighted by Gasteiger charge is 2.29. The monoisotopic (exact) mass is 208 g/mol. The van der Waals surface area contributed by atoms with Crippen LogP contribution in [0.2, 0.25) is 0 Å². The Labute approximate surface area is 84.4 Å². The van der Waals surface area contributed by atoms with Gasteiger partial charge >= 0.3 is 0 Å². The standard InChI is InChI=1S/C9H17ClO3/c1-8(2,12-5)6-13-9(3,4)7(10)11/h6H2,1-5H3. The van der Waals surface area contributed by atoms with Crippen molar-refractivity contribution < 1.29 is 14.3 Å². The number of halogens is 1. The molecule has 0 atom stereocenters. The van der Waals surface area contributed by atoms with Crippen molar-refractivity contribution in [3.63, 3.8) is 0 Å². The van der Waals surface area contributed by atoms with Gasteiger partial charge in [-0.3, -0.25) is 4.79 Å². The average Bonchev–Trinajstić information content (AvgIpc) is 2.01. The molecular weight excluding hydrogens is 192 g/mol. The van der Waals surface area contributed by atoms with Crippen LogP contribution in [0.1, 0.15) is 27.7 Å². The van der Waals surface area contributed by atoms with Crippen molar-refractivity contribution in [2.24, 2.45) is 0 Å². The van der Waals surface area contributed by atoms with E-state index < -0.39 is 16.4 Å². The van der Waals surface area contributed by atoms with E-state index in [1.807, 2.05) is 13.8 Å². The molecule has 0 aliphatic heterocycles. The molecule has 78 valence electrons. The highest BCUT2D eigenvalue weighted by Crippen LogP contribution is 2.17. The van der Waals surface area contributed by atoms with Crippen molar-refractivity contribution in [3.8, 4) is 0 Å². The lowest BCUT2D eigenvalue weighted by Gasteiger charge is -2.28. The van der Waals surface area contributed by atoms with Gasteiger partial charge in [-0.1, -0.05) is 0 Å². The van der Waals surface area contributed by atoms with E-state index in [-0.39, 0.29) is 0 Å². The number of methoxy groups -OCH3 is 1. The molecule has 13 heavy (non-hydrogen) atoms. The Morgan fingerprint density at radius 1 is 1.31 bits per heavy atom. The Morgan fingerprint density at radius 2 is 1.77 bits per heavy atom. The van der Waals surface area contributed by atoms with Crippen LogP contribution >= 0.6 is 11.6 Å². The van der Waals surface area contributed by atoms with Crippen LogP contribution in [0.15, 0.2) is 0 Å². The van der Waals surface area contributed by atoms with E-state index in [9.17, 15) is 4.79 Å². The van der Waals surface area contributed by atoms with Gasteiger partial charge in [-0.25, -0.2) is 0 Å². The Balaban J connectivity index is 4.09. The Hall–Kier alpha value is -0.120. The molecule has 0 aromatic heterocycles. The lowest BCUT2D eigenvalue weighted by atomic mass is 10.1. The number of hydrogen-bond acceptors (Lipinski definition) is 3. The molecule has 0 bridgehead atoms. The van der Waals surface area contributed by atoms with E-state index in [1.54, 1.807) is 21.0 Å². The van der Waals surface area contributed by atoms with E-state index in [4.69, 9.17) is 21.1 Å². The maximum absolute atomic E-state index is 10.9. The summed E-state index contributed by atoms with van der Waals surface area (Å²) in [5, 5.41) is -0.501. The molecule has 0 saturated heterocycles. The summed E-state index contributed by atoms with van der Waals surface area (Å²) in [5.74, 6) is 0. The minimum absolute atomic E-state index is 0.328. The van der Waals surface area contributed by atoms with Gasteiger partial charge in [0.05, 0.1) is 12.2 Å². The summed E-state index contributed by atoms with van der Waals surface area (Å²) in [6.07, 6.45) is 0. The fourth-order valence-electron chi connectivity index (χ4n) is 0.470. The summed E-state index contributed by atoms with van der Waals surface area (Å²) in [6, 6.07) is 0. The number of carbonyl (C=O) groups is 1. The van der Waals surface area contributed by atoms with Gasteiger partial charge in [0.25, 0.3) is 5.24 Å². The van der Waals surface area contributed by atoms with Gasteiger partial charge in [-0.15, -0.1) is 0 Å². The van der Waals surface area contributed by atoms with Crippen molar-refractivity contribution in [1.29, 1.82) is 0 Å². The number of rotatable bonds is 5. The summed E-state index contributed by atoms with van der Waals surface area (Å²) in [4.78, 5) is 10.9. The third kappa shape index (κ3) is 4.60. The smallest absolute Gasteiger partial charge is 0.253 e. The number of ether oxygens (including phenoxy) is 2. The first-order valence-electron chi connectivity index (χ1n) is 4.10. The molecule has 0 amide bonds. The van der Waals surface area contributed by atoms with Crippen molar-refractivity contribution in [1.82, 2.24) is 0 Å². The molecule has 0 unspecified atom stereocenters. The highest BCUT2D eigenvalue weighted by atomic mass is 35.5. The number of carbonyl (C=O) groups excluding carboxylic acids is 1. The first-order chi connectivity index (χ1) is 5.71. The first-order valence-corrected chi connectivity index (χ1v) is 4.48. The second kappa shape index (κ2) is 4.40. The summed E-state index contributed by atoms with van der Waals surface area (Å²) < 4.78 is 10.5. The zero-order chi connectivity index (χ0) is 10.7. The zero-order valence-corrected chi connectivity index (χ0v) is 9.57. The molecule has 0 aliphatic carbocycles. The average molecular weight is 209 g/mol. The van der Waals surface area contributed by atoms with Crippen LogP contribution in [-0.4, -0.2) is 30.2 Å². The quantitative estimate of drug-likeness (QED) is 0.648. The molecule has 0 rings (SSSR count). The van der Waals surface area contributed by atoms with Crippen LogP contribution in [0.25, 0.3) is 0 Å². The first kappa shape index (κ1) is 12.9. The molecule has 0 spiro atoms. The maximum Gasteiger partial charge on any atom is 0.253 e. The fraction of sp³-hybridized carbons (Fsp3) is 0.889. The van der Waals surface area contributed by atoms with Crippen LogP contribution in [0, 0.1) is 0 Å². The molecule has 0 N–H and O–H groups in total. The van der Waals surface area contributed by atoms with Crippen molar-refractivity contribution in [2.45, 2.75) is 38.9 Å². The molecular formula is C9H17ClO3. The topological polar surface area (TPSA) is 35.5 Å². The normalized spacial score (nSPS) is 13.1. The maximum atomic E-state index is 10.9. The van der Waals surface area contributed by atoms with Gasteiger partial charge in [0.1, 0.15) is 5.60 Å². The summed E-state index contributed by atoms with van der Waals surface area (Å²) in [7, 11) is 1.60. The van der Waals surface area contributed by atoms with Crippen LogP contribution in [0.5, 0.6) is 0 Å².